The van der Waals surface area contributed by atoms with Crippen LogP contribution in [0.3, 0.4) is 0 Å². The highest BCUT2D eigenvalue weighted by molar-refractivity contribution is 6.06. The first kappa shape index (κ1) is 19.6. The van der Waals surface area contributed by atoms with E-state index in [9.17, 15) is 14.4 Å². The summed E-state index contributed by atoms with van der Waals surface area (Å²) in [7, 11) is 1.75. The van der Waals surface area contributed by atoms with Crippen LogP contribution in [0.1, 0.15) is 53.5 Å². The molecule has 2 amide bonds. The van der Waals surface area contributed by atoms with Gasteiger partial charge in [0.05, 0.1) is 12.2 Å². The van der Waals surface area contributed by atoms with E-state index in [0.717, 1.165) is 11.3 Å². The molecule has 6 heteroatoms. The van der Waals surface area contributed by atoms with E-state index >= 15 is 0 Å². The Hall–Kier alpha value is -3.15. The van der Waals surface area contributed by atoms with Crippen LogP contribution in [-0.4, -0.2) is 31.4 Å². The fraction of sp³-hybridized carbons (Fsp3) is 0.318. The molecule has 0 fully saturated rings. The zero-order valence-electron chi connectivity index (χ0n) is 16.5. The molecule has 0 unspecified atom stereocenters. The minimum absolute atomic E-state index is 0.0661. The van der Waals surface area contributed by atoms with Gasteiger partial charge in [0.1, 0.15) is 0 Å². The highest BCUT2D eigenvalue weighted by atomic mass is 16.5. The predicted octanol–water partition coefficient (Wildman–Crippen LogP) is 3.76. The van der Waals surface area contributed by atoms with E-state index in [-0.39, 0.29) is 17.2 Å². The van der Waals surface area contributed by atoms with Crippen molar-refractivity contribution in [3.05, 3.63) is 59.2 Å². The van der Waals surface area contributed by atoms with Crippen molar-refractivity contribution in [2.24, 2.45) is 0 Å². The van der Waals surface area contributed by atoms with Crippen molar-refractivity contribution in [3.8, 4) is 0 Å². The summed E-state index contributed by atoms with van der Waals surface area (Å²) in [5.41, 5.74) is 3.00. The Labute approximate surface area is 164 Å². The number of carbonyl (C=O) groups is 3. The molecule has 6 nitrogen and oxygen atoms in total. The second-order valence-corrected chi connectivity index (χ2v) is 7.50. The molecule has 0 radical (unpaired) electrons. The quantitative estimate of drug-likeness (QED) is 0.820. The van der Waals surface area contributed by atoms with E-state index in [4.69, 9.17) is 4.74 Å². The van der Waals surface area contributed by atoms with E-state index in [1.54, 1.807) is 49.2 Å². The van der Waals surface area contributed by atoms with E-state index in [0.29, 0.717) is 29.8 Å². The third-order valence-corrected chi connectivity index (χ3v) is 4.97. The number of nitrogens with zero attached hydrogens (tertiary/aromatic N) is 1. The molecular formula is C22H24N2O4. The normalized spacial score (nSPS) is 15.0. The van der Waals surface area contributed by atoms with Crippen LogP contribution in [0.15, 0.2) is 42.5 Å². The van der Waals surface area contributed by atoms with Crippen molar-refractivity contribution >= 4 is 29.2 Å². The van der Waals surface area contributed by atoms with Crippen molar-refractivity contribution in [1.29, 1.82) is 0 Å². The smallest absolute Gasteiger partial charge is 0.338 e. The molecule has 0 saturated heterocycles. The van der Waals surface area contributed by atoms with Crippen LogP contribution in [0.5, 0.6) is 0 Å². The van der Waals surface area contributed by atoms with Crippen LogP contribution in [0.25, 0.3) is 0 Å². The number of benzene rings is 2. The molecular weight excluding hydrogens is 356 g/mol. The molecule has 1 aliphatic heterocycles. The average Bonchev–Trinajstić information content (AvgIpc) is 2.66. The van der Waals surface area contributed by atoms with Gasteiger partial charge in [-0.25, -0.2) is 4.79 Å². The Morgan fingerprint density at radius 1 is 1.11 bits per heavy atom. The van der Waals surface area contributed by atoms with Crippen molar-refractivity contribution in [2.45, 2.75) is 32.6 Å². The predicted molar refractivity (Wildman–Crippen MR) is 108 cm³/mol. The summed E-state index contributed by atoms with van der Waals surface area (Å²) >= 11 is 0. The van der Waals surface area contributed by atoms with Crippen molar-refractivity contribution in [1.82, 2.24) is 0 Å². The zero-order valence-corrected chi connectivity index (χ0v) is 16.5. The fourth-order valence-electron chi connectivity index (χ4n) is 3.35. The number of ether oxygens (including phenoxy) is 1. The average molecular weight is 380 g/mol. The van der Waals surface area contributed by atoms with E-state index in [1.165, 1.54) is 0 Å². The molecule has 0 spiro atoms. The van der Waals surface area contributed by atoms with Crippen LogP contribution in [0.2, 0.25) is 0 Å². The zero-order chi connectivity index (χ0) is 20.5. The van der Waals surface area contributed by atoms with Crippen molar-refractivity contribution < 1.29 is 19.1 Å². The fourth-order valence-corrected chi connectivity index (χ4v) is 3.35. The van der Waals surface area contributed by atoms with Crippen molar-refractivity contribution in [2.75, 3.05) is 23.9 Å². The molecule has 0 aromatic heterocycles. The third kappa shape index (κ3) is 3.76. The molecule has 1 heterocycles. The molecule has 2 aromatic rings. The summed E-state index contributed by atoms with van der Waals surface area (Å²) in [4.78, 5) is 38.2. The van der Waals surface area contributed by atoms with Gasteiger partial charge in [-0.05, 0) is 55.0 Å². The van der Waals surface area contributed by atoms with Gasteiger partial charge in [0.2, 0.25) is 5.91 Å². The Morgan fingerprint density at radius 3 is 2.39 bits per heavy atom. The third-order valence-electron chi connectivity index (χ3n) is 4.97. The van der Waals surface area contributed by atoms with Gasteiger partial charge in [0.25, 0.3) is 5.91 Å². The number of amides is 2. The number of rotatable bonds is 4. The summed E-state index contributed by atoms with van der Waals surface area (Å²) in [6.45, 7) is 6.08. The van der Waals surface area contributed by atoms with Gasteiger partial charge >= 0.3 is 5.97 Å². The Kier molecular flexibility index (Phi) is 5.23. The molecule has 0 bridgehead atoms. The molecule has 2 aromatic carbocycles. The lowest BCUT2D eigenvalue weighted by Gasteiger charge is -2.37. The number of anilines is 2. The maximum atomic E-state index is 12.7. The minimum Gasteiger partial charge on any atom is -0.462 e. The second-order valence-electron chi connectivity index (χ2n) is 7.50. The van der Waals surface area contributed by atoms with Gasteiger partial charge < -0.3 is 15.0 Å². The molecule has 1 N–H and O–H groups in total. The van der Waals surface area contributed by atoms with Gasteiger partial charge in [0, 0.05) is 35.8 Å². The standard InChI is InChI=1S/C22H24N2O4/c1-5-28-21(27)14-6-9-16(10-7-14)23-20(26)15-8-11-18-17(12-15)22(2,3)13-19(25)24(18)4/h6-12H,5,13H2,1-4H3,(H,23,26). The first-order valence-corrected chi connectivity index (χ1v) is 9.22. The molecule has 3 rings (SSSR count). The maximum absolute atomic E-state index is 12.7. The summed E-state index contributed by atoms with van der Waals surface area (Å²) in [6, 6.07) is 11.9. The van der Waals surface area contributed by atoms with Gasteiger partial charge in [-0.1, -0.05) is 13.8 Å². The Bertz CT molecular complexity index is 932. The summed E-state index contributed by atoms with van der Waals surface area (Å²) in [5.74, 6) is -0.575. The number of esters is 1. The molecule has 28 heavy (non-hydrogen) atoms. The summed E-state index contributed by atoms with van der Waals surface area (Å²) in [5, 5.41) is 2.84. The number of hydrogen-bond acceptors (Lipinski definition) is 4. The van der Waals surface area contributed by atoms with Crippen LogP contribution < -0.4 is 10.2 Å². The Morgan fingerprint density at radius 2 is 1.75 bits per heavy atom. The highest BCUT2D eigenvalue weighted by Crippen LogP contribution is 2.40. The summed E-state index contributed by atoms with van der Waals surface area (Å²) < 4.78 is 4.95. The van der Waals surface area contributed by atoms with Crippen molar-refractivity contribution in [3.63, 3.8) is 0 Å². The minimum atomic E-state index is -0.393. The molecule has 0 atom stereocenters. The molecule has 0 saturated carbocycles. The van der Waals surface area contributed by atoms with Crippen LogP contribution in [0.4, 0.5) is 11.4 Å². The molecule has 1 aliphatic rings. The lowest BCUT2D eigenvalue weighted by molar-refractivity contribution is -0.119. The van der Waals surface area contributed by atoms with Gasteiger partial charge in [-0.15, -0.1) is 0 Å². The van der Waals surface area contributed by atoms with Crippen LogP contribution in [-0.2, 0) is 14.9 Å². The SMILES string of the molecule is CCOC(=O)c1ccc(NC(=O)c2ccc3c(c2)C(C)(C)CC(=O)N3C)cc1. The maximum Gasteiger partial charge on any atom is 0.338 e. The number of carbonyl (C=O) groups excluding carboxylic acids is 3. The monoisotopic (exact) mass is 380 g/mol. The number of nitrogens with one attached hydrogen (secondary N) is 1. The van der Waals surface area contributed by atoms with E-state index in [2.05, 4.69) is 5.32 Å². The second kappa shape index (κ2) is 7.46. The van der Waals surface area contributed by atoms with E-state index in [1.807, 2.05) is 26.0 Å². The van der Waals surface area contributed by atoms with Gasteiger partial charge in [-0.2, -0.15) is 0 Å². The van der Waals surface area contributed by atoms with E-state index < -0.39 is 5.97 Å². The lowest BCUT2D eigenvalue weighted by atomic mass is 9.77. The lowest BCUT2D eigenvalue weighted by Crippen LogP contribution is -2.39. The number of fused-ring (bicyclic) bond motifs is 1. The molecule has 0 aliphatic carbocycles. The topological polar surface area (TPSA) is 75.7 Å². The van der Waals surface area contributed by atoms with Crippen LogP contribution >= 0.6 is 0 Å². The first-order valence-electron chi connectivity index (χ1n) is 9.22. The van der Waals surface area contributed by atoms with Gasteiger partial charge in [0.15, 0.2) is 0 Å². The summed E-state index contributed by atoms with van der Waals surface area (Å²) in [6.07, 6.45) is 0.400. The van der Waals surface area contributed by atoms with Gasteiger partial charge in [-0.3, -0.25) is 9.59 Å². The largest absolute Gasteiger partial charge is 0.462 e. The Balaban J connectivity index is 1.80. The number of hydrogen-bond donors (Lipinski definition) is 1. The first-order chi connectivity index (χ1) is 13.2. The van der Waals surface area contributed by atoms with Crippen LogP contribution in [0, 0.1) is 0 Å². The highest BCUT2D eigenvalue weighted by Gasteiger charge is 2.35. The molecule has 146 valence electrons.